The molecule has 0 unspecified atom stereocenters. The first-order valence-corrected chi connectivity index (χ1v) is 39.2. The molecule has 4 amide bonds. The zero-order valence-corrected chi connectivity index (χ0v) is 69.0. The maximum atomic E-state index is 13.6. The van der Waals surface area contributed by atoms with Crippen LogP contribution in [0.25, 0.3) is 45.2 Å². The second-order valence-corrected chi connectivity index (χ2v) is 28.1. The third kappa shape index (κ3) is 25.2. The van der Waals surface area contributed by atoms with Gasteiger partial charge in [0.2, 0.25) is 41.5 Å². The first-order valence-electron chi connectivity index (χ1n) is 39.2. The number of amides is 4. The summed E-state index contributed by atoms with van der Waals surface area (Å²) in [6.07, 6.45) is 15.1. The van der Waals surface area contributed by atoms with Gasteiger partial charge in [0.05, 0.1) is 70.8 Å². The van der Waals surface area contributed by atoms with Gasteiger partial charge in [-0.25, -0.2) is 15.0 Å². The quantitative estimate of drug-likeness (QED) is 0.0326. The molecule has 0 radical (unpaired) electrons. The van der Waals surface area contributed by atoms with Crippen LogP contribution in [0.4, 0.5) is 35.9 Å². The van der Waals surface area contributed by atoms with Crippen LogP contribution in [0.15, 0.2) is 219 Å². The zero-order valence-electron chi connectivity index (χ0n) is 69.0. The Morgan fingerprint density at radius 1 is 0.303 bits per heavy atom. The van der Waals surface area contributed by atoms with Gasteiger partial charge in [0.1, 0.15) is 0 Å². The summed E-state index contributed by atoms with van der Waals surface area (Å²) in [5.74, 6) is -1.57. The topological polar surface area (TPSA) is 266 Å². The summed E-state index contributed by atoms with van der Waals surface area (Å²) >= 11 is 0. The lowest BCUT2D eigenvalue weighted by atomic mass is 10.00. The smallest absolute Gasteiger partial charge is 0.226 e. The lowest BCUT2D eigenvalue weighted by Crippen LogP contribution is -2.25. The molecule has 4 aromatic carbocycles. The molecule has 0 bridgehead atoms. The fourth-order valence-corrected chi connectivity index (χ4v) is 12.5. The number of pyridine rings is 7. The summed E-state index contributed by atoms with van der Waals surface area (Å²) in [6.45, 7) is 14.9. The monoisotopic (exact) mass is 1600 g/mol. The van der Waals surface area contributed by atoms with Crippen LogP contribution in [0.1, 0.15) is 166 Å². The van der Waals surface area contributed by atoms with Crippen LogP contribution in [0.5, 0.6) is 0 Å². The zero-order chi connectivity index (χ0) is 85.8. The molecule has 12 rings (SSSR count). The molecule has 24 heteroatoms. The highest BCUT2D eigenvalue weighted by Crippen LogP contribution is 2.28. The molecule has 0 atom stereocenters. The van der Waals surface area contributed by atoms with Gasteiger partial charge in [-0.05, 0) is 137 Å². The van der Waals surface area contributed by atoms with E-state index in [0.717, 1.165) is 90.5 Å². The van der Waals surface area contributed by atoms with E-state index in [9.17, 15) is 51.5 Å². The van der Waals surface area contributed by atoms with Crippen molar-refractivity contribution in [3.05, 3.63) is 304 Å². The van der Waals surface area contributed by atoms with Gasteiger partial charge < -0.3 is 19.6 Å². The Hall–Kier alpha value is -13.6. The molecule has 0 saturated carbocycles. The normalized spacial score (nSPS) is 10.6. The first kappa shape index (κ1) is 89.3. The fourth-order valence-electron chi connectivity index (χ4n) is 12.5. The Kier molecular flexibility index (Phi) is 32.5. The van der Waals surface area contributed by atoms with Crippen LogP contribution in [0, 0.1) is 45.5 Å². The number of nitrogens with zero attached hydrogens (tertiary/aromatic N) is 13. The van der Waals surface area contributed by atoms with Crippen molar-refractivity contribution in [2.45, 2.75) is 132 Å². The molecule has 0 aliphatic heterocycles. The van der Waals surface area contributed by atoms with Gasteiger partial charge in [0.25, 0.3) is 0 Å². The molecule has 610 valence electrons. The van der Waals surface area contributed by atoms with Gasteiger partial charge in [-0.15, -0.1) is 0 Å². The highest BCUT2D eigenvalue weighted by molar-refractivity contribution is 6.00. The van der Waals surface area contributed by atoms with Crippen LogP contribution in [0.3, 0.4) is 0 Å². The molecule has 0 aliphatic rings. The maximum Gasteiger partial charge on any atom is 0.226 e. The van der Waals surface area contributed by atoms with Gasteiger partial charge in [-0.3, -0.25) is 63.3 Å². The van der Waals surface area contributed by atoms with E-state index in [4.69, 9.17) is 0 Å². The van der Waals surface area contributed by atoms with Crippen molar-refractivity contribution < 1.29 is 51.5 Å². The Labute approximate surface area is 692 Å². The number of ketones is 4. The van der Waals surface area contributed by atoms with Crippen LogP contribution in [-0.2, 0) is 44.9 Å². The van der Waals surface area contributed by atoms with E-state index in [1.165, 1.54) is 17.0 Å². The number of hydrogen-bond donors (Lipinski definition) is 0. The van der Waals surface area contributed by atoms with Gasteiger partial charge in [0.15, 0.2) is 29.0 Å². The summed E-state index contributed by atoms with van der Waals surface area (Å²) in [5, 5.41) is 0. The third-order valence-corrected chi connectivity index (χ3v) is 20.1. The first-order chi connectivity index (χ1) is 57.1. The second kappa shape index (κ2) is 43.4. The molecule has 0 N–H and O–H groups in total. The lowest BCUT2D eigenvalue weighted by molar-refractivity contribution is -0.118. The predicted octanol–water partition coefficient (Wildman–Crippen LogP) is 18.4. The Bertz CT molecular complexity index is 5100. The molecule has 12 aromatic rings. The van der Waals surface area contributed by atoms with E-state index in [2.05, 4.69) is 50.9 Å². The molecule has 0 spiro atoms. The van der Waals surface area contributed by atoms with Crippen molar-refractivity contribution >= 4 is 69.5 Å². The molecule has 8 heterocycles. The second-order valence-electron chi connectivity index (χ2n) is 28.1. The molecule has 0 aliphatic carbocycles. The number of Topliss-reactive ketones (excluding diaryl/α,β-unsaturated/α-hetero) is 4. The predicted molar refractivity (Wildman–Crippen MR) is 458 cm³/mol. The van der Waals surface area contributed by atoms with Crippen LogP contribution < -0.4 is 19.6 Å². The number of hydrogen-bond acceptors (Lipinski definition) is 17. The molecule has 0 fully saturated rings. The van der Waals surface area contributed by atoms with Crippen molar-refractivity contribution in [1.29, 1.82) is 0 Å². The summed E-state index contributed by atoms with van der Waals surface area (Å²) in [6, 6.07) is 53.5. The summed E-state index contributed by atoms with van der Waals surface area (Å²) in [4.78, 5) is 141. The van der Waals surface area contributed by atoms with E-state index < -0.39 is 17.8 Å². The maximum absolute atomic E-state index is 13.6. The van der Waals surface area contributed by atoms with Crippen molar-refractivity contribution in [2.24, 2.45) is 0 Å². The van der Waals surface area contributed by atoms with Crippen LogP contribution in [0.2, 0.25) is 0 Å². The average molecular weight is 1600 g/mol. The Balaban J connectivity index is 0.000000181. The number of anilines is 4. The SMILES string of the molecule is CCC(=O)N(C)c1ccc(-c2ccc(C(=O)CCc3ccc(C)nc3C)cc2)nc1.CCC(=O)N(C)c1ccc(-c2ccc(C(=O)CCc3ccc(F)nc3C)cc2)nc1.CCC(=O)N(C)c1ccc(-c2ccc(C(=O)CCc3ccc(F)nc3F)cc2)nc1.CCC(=O)N(C)c1cnc(-c2ccc(C(=O)CCc3cccnc3C)cc2)nc1. The van der Waals surface area contributed by atoms with Gasteiger partial charge in [-0.1, -0.05) is 143 Å². The number of carbonyl (C=O) groups is 8. The number of halogens is 3. The fraction of sp³-hybridized carbons (Fsp3) is 0.253. The van der Waals surface area contributed by atoms with Crippen LogP contribution in [-0.4, -0.2) is 120 Å². The summed E-state index contributed by atoms with van der Waals surface area (Å²) < 4.78 is 39.6. The average Bonchev–Trinajstić information content (AvgIpc) is 0.848. The van der Waals surface area contributed by atoms with Crippen molar-refractivity contribution in [2.75, 3.05) is 47.8 Å². The minimum absolute atomic E-state index is 0.00344. The standard InChI is InChI=1S/C25H27N3O2.C24H24FN3O2.C23H21F2N3O2.C23H24N4O2/c1-5-25(30)28(4)22-13-14-23(26-16-22)20-8-10-21(11-9-20)24(29)15-12-19-7-6-17(2)27-18(19)3;1-4-24(30)28(3)20-11-12-21(26-15-20)18-5-7-19(8-6-18)22(29)13-9-17-10-14-23(25)27-16(17)2;1-3-22(30)28(2)18-10-11-19(26-14-18)15-4-6-16(7-5-15)20(29)12-8-17-9-13-21(24)27-23(17)25;1-4-22(29)27(3)20-14-25-23(26-15-20)19-9-7-18(8-10-19)21(28)12-11-17-6-5-13-24-16(17)2/h6-11,13-14,16H,5,12,15H2,1-4H3;5-8,10-12,14-15H,4,9,13H2,1-3H3;4-7,9-11,13-14H,3,8,12H2,1-2H3;5-10,13-15H,4,11-12H2,1-3H3. The Morgan fingerprint density at radius 2 is 0.613 bits per heavy atom. The minimum atomic E-state index is -0.890. The highest BCUT2D eigenvalue weighted by Gasteiger charge is 2.19. The highest BCUT2D eigenvalue weighted by atomic mass is 19.1. The van der Waals surface area contributed by atoms with Gasteiger partial charge >= 0.3 is 0 Å². The van der Waals surface area contributed by atoms with E-state index >= 15 is 0 Å². The number of aryl methyl sites for hydroxylation is 8. The van der Waals surface area contributed by atoms with Crippen LogP contribution >= 0.6 is 0 Å². The summed E-state index contributed by atoms with van der Waals surface area (Å²) in [7, 11) is 6.89. The molecule has 8 aromatic heterocycles. The molecule has 119 heavy (non-hydrogen) atoms. The number of benzene rings is 4. The van der Waals surface area contributed by atoms with Crippen molar-refractivity contribution in [1.82, 2.24) is 44.9 Å². The number of rotatable bonds is 28. The third-order valence-electron chi connectivity index (χ3n) is 20.1. The minimum Gasteiger partial charge on any atom is -0.314 e. The largest absolute Gasteiger partial charge is 0.314 e. The molecular weight excluding hydrogens is 1510 g/mol. The van der Waals surface area contributed by atoms with E-state index in [1.807, 2.05) is 145 Å². The van der Waals surface area contributed by atoms with Gasteiger partial charge in [0, 0.05) is 159 Å². The van der Waals surface area contributed by atoms with E-state index in [0.29, 0.717) is 109 Å². The summed E-state index contributed by atoms with van der Waals surface area (Å²) in [5.41, 5.74) is 17.9. The lowest BCUT2D eigenvalue weighted by Gasteiger charge is -2.16. The van der Waals surface area contributed by atoms with E-state index in [1.54, 1.807) is 149 Å². The van der Waals surface area contributed by atoms with E-state index in [-0.39, 0.29) is 65.2 Å². The molecule has 21 nitrogen and oxygen atoms in total. The van der Waals surface area contributed by atoms with Gasteiger partial charge in [-0.2, -0.15) is 18.2 Å². The Morgan fingerprint density at radius 3 is 0.941 bits per heavy atom. The molecular formula is C95H96F3N13O8. The van der Waals surface area contributed by atoms with Crippen molar-refractivity contribution in [3.63, 3.8) is 0 Å². The number of carbonyl (C=O) groups excluding carboxylic acids is 8. The number of aromatic nitrogens is 9. The van der Waals surface area contributed by atoms with Crippen molar-refractivity contribution in [3.8, 4) is 45.2 Å². The molecule has 0 saturated heterocycles.